The number of amides is 1. The normalized spacial score (nSPS) is 11.2. The van der Waals surface area contributed by atoms with Crippen molar-refractivity contribution in [1.29, 1.82) is 0 Å². The Morgan fingerprint density at radius 3 is 2.40 bits per heavy atom. The van der Waals surface area contributed by atoms with Crippen LogP contribution < -0.4 is 16.4 Å². The molecule has 0 aliphatic rings. The summed E-state index contributed by atoms with van der Waals surface area (Å²) in [5.74, 6) is -0.147. The van der Waals surface area contributed by atoms with Gasteiger partial charge >= 0.3 is 0 Å². The number of nitrogens with two attached hydrogens (primary N) is 1. The Morgan fingerprint density at radius 2 is 1.76 bits per heavy atom. The smallest absolute Gasteiger partial charge is 0.224 e. The monoisotopic (exact) mass is 342 g/mol. The van der Waals surface area contributed by atoms with Crippen LogP contribution in [-0.2, 0) is 11.2 Å². The van der Waals surface area contributed by atoms with Crippen molar-refractivity contribution in [3.63, 3.8) is 0 Å². The molecule has 0 bridgehead atoms. The summed E-state index contributed by atoms with van der Waals surface area (Å²) in [7, 11) is 0. The Bertz CT molecular complexity index is 736. The Morgan fingerprint density at radius 1 is 1.12 bits per heavy atom. The van der Waals surface area contributed by atoms with Crippen LogP contribution in [0.15, 0.2) is 47.5 Å². The van der Waals surface area contributed by atoms with Crippen LogP contribution in [-0.4, -0.2) is 25.0 Å². The van der Waals surface area contributed by atoms with Gasteiger partial charge < -0.3 is 16.4 Å². The average molecular weight is 342 g/mol. The average Bonchev–Trinajstić information content (AvgIpc) is 2.53. The van der Waals surface area contributed by atoms with Gasteiger partial charge in [-0.25, -0.2) is 4.39 Å². The van der Waals surface area contributed by atoms with Crippen molar-refractivity contribution in [2.24, 2.45) is 10.7 Å². The number of hydrogen-bond donors (Lipinski definition) is 3. The number of aliphatic imine (C=N–C) groups is 1. The molecule has 2 aromatic rings. The summed E-state index contributed by atoms with van der Waals surface area (Å²) in [6.45, 7) is 4.79. The molecule has 5 nitrogen and oxygen atoms in total. The molecular formula is C19H23FN4O. The molecule has 0 fully saturated rings. The third-order valence-electron chi connectivity index (χ3n) is 3.49. The van der Waals surface area contributed by atoms with E-state index in [1.54, 1.807) is 12.1 Å². The van der Waals surface area contributed by atoms with Gasteiger partial charge in [0.15, 0.2) is 5.96 Å². The molecule has 0 aliphatic heterocycles. The van der Waals surface area contributed by atoms with Gasteiger partial charge in [-0.05, 0) is 54.8 Å². The van der Waals surface area contributed by atoms with E-state index in [1.165, 1.54) is 12.1 Å². The van der Waals surface area contributed by atoms with E-state index in [0.29, 0.717) is 19.0 Å². The molecule has 0 saturated carbocycles. The van der Waals surface area contributed by atoms with Gasteiger partial charge in [0.1, 0.15) is 5.82 Å². The molecular weight excluding hydrogens is 319 g/mol. The van der Waals surface area contributed by atoms with E-state index in [0.717, 1.165) is 22.4 Å². The van der Waals surface area contributed by atoms with E-state index in [2.05, 4.69) is 21.7 Å². The third kappa shape index (κ3) is 6.63. The van der Waals surface area contributed by atoms with E-state index in [-0.39, 0.29) is 18.1 Å². The zero-order valence-electron chi connectivity index (χ0n) is 14.5. The first-order valence-electron chi connectivity index (χ1n) is 8.09. The number of guanidine groups is 1. The summed E-state index contributed by atoms with van der Waals surface area (Å²) >= 11 is 0. The van der Waals surface area contributed by atoms with Crippen LogP contribution in [0.25, 0.3) is 0 Å². The van der Waals surface area contributed by atoms with Gasteiger partial charge in [-0.3, -0.25) is 9.79 Å². The zero-order chi connectivity index (χ0) is 18.2. The highest BCUT2D eigenvalue weighted by Gasteiger charge is 2.03. The number of anilines is 1. The van der Waals surface area contributed by atoms with Gasteiger partial charge in [0.2, 0.25) is 5.91 Å². The standard InChI is InChI=1S/C19H23FN4O/c1-13-9-14(2)11-17(10-13)24-19(21)23-8-7-22-18(25)12-15-3-5-16(20)6-4-15/h3-6,9-11H,7-8,12H2,1-2H3,(H,22,25)(H3,21,23,24). The van der Waals surface area contributed by atoms with E-state index in [1.807, 2.05) is 26.0 Å². The van der Waals surface area contributed by atoms with Gasteiger partial charge in [-0.1, -0.05) is 18.2 Å². The highest BCUT2D eigenvalue weighted by Crippen LogP contribution is 2.13. The van der Waals surface area contributed by atoms with E-state index < -0.39 is 0 Å². The Labute approximate surface area is 147 Å². The van der Waals surface area contributed by atoms with Crippen LogP contribution in [0.2, 0.25) is 0 Å². The fraction of sp³-hybridized carbons (Fsp3) is 0.263. The lowest BCUT2D eigenvalue weighted by atomic mass is 10.1. The molecule has 2 rings (SSSR count). The molecule has 6 heteroatoms. The minimum Gasteiger partial charge on any atom is -0.370 e. The van der Waals surface area contributed by atoms with Gasteiger partial charge in [0.05, 0.1) is 13.0 Å². The molecule has 2 aromatic carbocycles. The topological polar surface area (TPSA) is 79.5 Å². The van der Waals surface area contributed by atoms with E-state index in [4.69, 9.17) is 5.73 Å². The Hall–Kier alpha value is -2.89. The number of halogens is 1. The van der Waals surface area contributed by atoms with Crippen molar-refractivity contribution in [1.82, 2.24) is 5.32 Å². The number of benzene rings is 2. The molecule has 0 atom stereocenters. The van der Waals surface area contributed by atoms with Crippen molar-refractivity contribution in [3.8, 4) is 0 Å². The van der Waals surface area contributed by atoms with Gasteiger partial charge in [-0.15, -0.1) is 0 Å². The van der Waals surface area contributed by atoms with Crippen LogP contribution in [0.1, 0.15) is 16.7 Å². The number of rotatable bonds is 6. The van der Waals surface area contributed by atoms with Gasteiger partial charge in [-0.2, -0.15) is 0 Å². The zero-order valence-corrected chi connectivity index (χ0v) is 14.5. The van der Waals surface area contributed by atoms with Gasteiger partial charge in [0.25, 0.3) is 0 Å². The number of nitrogens with one attached hydrogen (secondary N) is 2. The summed E-state index contributed by atoms with van der Waals surface area (Å²) in [6.07, 6.45) is 0.209. The van der Waals surface area contributed by atoms with Crippen molar-refractivity contribution < 1.29 is 9.18 Å². The summed E-state index contributed by atoms with van der Waals surface area (Å²) in [5, 5.41) is 5.80. The summed E-state index contributed by atoms with van der Waals surface area (Å²) < 4.78 is 12.8. The molecule has 132 valence electrons. The summed E-state index contributed by atoms with van der Waals surface area (Å²) in [6, 6.07) is 11.9. The first kappa shape index (κ1) is 18.4. The number of nitrogens with zero attached hydrogens (tertiary/aromatic N) is 1. The predicted octanol–water partition coefficient (Wildman–Crippen LogP) is 2.53. The van der Waals surface area contributed by atoms with Crippen LogP contribution in [0, 0.1) is 19.7 Å². The van der Waals surface area contributed by atoms with E-state index in [9.17, 15) is 9.18 Å². The lowest BCUT2D eigenvalue weighted by molar-refractivity contribution is -0.120. The minimum atomic E-state index is -0.315. The first-order valence-corrected chi connectivity index (χ1v) is 8.09. The van der Waals surface area contributed by atoms with E-state index >= 15 is 0 Å². The lowest BCUT2D eigenvalue weighted by Crippen LogP contribution is -2.29. The van der Waals surface area contributed by atoms with Crippen LogP contribution in [0.5, 0.6) is 0 Å². The SMILES string of the molecule is Cc1cc(C)cc(NC(N)=NCCNC(=O)Cc2ccc(F)cc2)c1. The Balaban J connectivity index is 1.74. The molecule has 4 N–H and O–H groups in total. The third-order valence-corrected chi connectivity index (χ3v) is 3.49. The van der Waals surface area contributed by atoms with Crippen molar-refractivity contribution in [2.45, 2.75) is 20.3 Å². The fourth-order valence-electron chi connectivity index (χ4n) is 2.46. The second kappa shape index (κ2) is 8.82. The van der Waals surface area contributed by atoms with Crippen molar-refractivity contribution in [3.05, 3.63) is 65.0 Å². The first-order chi connectivity index (χ1) is 11.9. The maximum Gasteiger partial charge on any atom is 0.224 e. The van der Waals surface area contributed by atoms with Crippen LogP contribution in [0.3, 0.4) is 0 Å². The number of hydrogen-bond acceptors (Lipinski definition) is 2. The predicted molar refractivity (Wildman–Crippen MR) is 99.1 cm³/mol. The second-order valence-corrected chi connectivity index (χ2v) is 5.92. The van der Waals surface area contributed by atoms with Crippen molar-refractivity contribution >= 4 is 17.6 Å². The molecule has 0 radical (unpaired) electrons. The van der Waals surface area contributed by atoms with Crippen LogP contribution >= 0.6 is 0 Å². The number of aryl methyl sites for hydroxylation is 2. The molecule has 0 aliphatic carbocycles. The second-order valence-electron chi connectivity index (χ2n) is 5.92. The number of carbonyl (C=O) groups is 1. The minimum absolute atomic E-state index is 0.136. The lowest BCUT2D eigenvalue weighted by Gasteiger charge is -2.08. The Kier molecular flexibility index (Phi) is 6.51. The van der Waals surface area contributed by atoms with Crippen LogP contribution in [0.4, 0.5) is 10.1 Å². The molecule has 0 unspecified atom stereocenters. The van der Waals surface area contributed by atoms with Crippen molar-refractivity contribution in [2.75, 3.05) is 18.4 Å². The molecule has 1 amide bonds. The highest BCUT2D eigenvalue weighted by molar-refractivity contribution is 5.92. The maximum atomic E-state index is 12.8. The largest absolute Gasteiger partial charge is 0.370 e. The molecule has 0 saturated heterocycles. The molecule has 25 heavy (non-hydrogen) atoms. The summed E-state index contributed by atoms with van der Waals surface area (Å²) in [4.78, 5) is 16.0. The number of carbonyl (C=O) groups excluding carboxylic acids is 1. The summed E-state index contributed by atoms with van der Waals surface area (Å²) in [5.41, 5.74) is 9.79. The molecule has 0 aromatic heterocycles. The fourth-order valence-corrected chi connectivity index (χ4v) is 2.46. The highest BCUT2D eigenvalue weighted by atomic mass is 19.1. The maximum absolute atomic E-state index is 12.8. The van der Waals surface area contributed by atoms with Gasteiger partial charge in [0, 0.05) is 12.2 Å². The molecule has 0 spiro atoms. The quantitative estimate of drug-likeness (QED) is 0.429. The molecule has 0 heterocycles.